The highest BCUT2D eigenvalue weighted by Gasteiger charge is 2.64. The minimum Gasteiger partial charge on any atom is -0.353 e. The van der Waals surface area contributed by atoms with Crippen molar-refractivity contribution >= 4 is 35.0 Å². The largest absolute Gasteiger partial charge is 0.353 e. The van der Waals surface area contributed by atoms with Crippen LogP contribution in [-0.2, 0) is 14.4 Å². The van der Waals surface area contributed by atoms with Gasteiger partial charge in [0.05, 0.1) is 23.6 Å². The fourth-order valence-corrected chi connectivity index (χ4v) is 5.21. The molecule has 3 aliphatic rings. The first-order valence-corrected chi connectivity index (χ1v) is 10.7. The smallest absolute Gasteiger partial charge is 0.240 e. The number of Topliss-reactive ketones (excluding diaryl/α,β-unsaturated/α-hetero) is 1. The first kappa shape index (κ1) is 19.7. The van der Waals surface area contributed by atoms with Gasteiger partial charge in [-0.15, -0.1) is 0 Å². The predicted molar refractivity (Wildman–Crippen MR) is 121 cm³/mol. The van der Waals surface area contributed by atoms with E-state index >= 15 is 0 Å². The van der Waals surface area contributed by atoms with Crippen LogP contribution in [0.5, 0.6) is 0 Å². The Morgan fingerprint density at radius 2 is 1.55 bits per heavy atom. The molecule has 0 N–H and O–H groups in total. The van der Waals surface area contributed by atoms with Crippen molar-refractivity contribution < 1.29 is 14.4 Å². The lowest BCUT2D eigenvalue weighted by Crippen LogP contribution is -2.51. The molecule has 2 saturated heterocycles. The number of imide groups is 1. The van der Waals surface area contributed by atoms with E-state index in [1.54, 1.807) is 12.1 Å². The molecular formula is C26H26N2O3. The number of fused-ring (bicyclic) bond motifs is 5. The Hall–Kier alpha value is -3.21. The molecule has 0 radical (unpaired) electrons. The van der Waals surface area contributed by atoms with Gasteiger partial charge >= 0.3 is 0 Å². The molecule has 158 valence electrons. The van der Waals surface area contributed by atoms with Crippen LogP contribution in [0, 0.1) is 24.2 Å². The second-order valence-corrected chi connectivity index (χ2v) is 9.77. The highest BCUT2D eigenvalue weighted by Crippen LogP contribution is 2.50. The second-order valence-electron chi connectivity index (χ2n) is 9.77. The zero-order valence-corrected chi connectivity index (χ0v) is 18.2. The van der Waals surface area contributed by atoms with Crippen molar-refractivity contribution in [1.29, 1.82) is 0 Å². The third kappa shape index (κ3) is 2.79. The predicted octanol–water partition coefficient (Wildman–Crippen LogP) is 4.00. The number of nitrogens with zero attached hydrogens (tertiary/aromatic N) is 2. The number of benzene rings is 2. The summed E-state index contributed by atoms with van der Waals surface area (Å²) in [6.07, 6.45) is 3.99. The van der Waals surface area contributed by atoms with E-state index < -0.39 is 23.3 Å². The van der Waals surface area contributed by atoms with Crippen molar-refractivity contribution in [3.63, 3.8) is 0 Å². The van der Waals surface area contributed by atoms with E-state index in [2.05, 4.69) is 0 Å². The monoisotopic (exact) mass is 414 g/mol. The molecule has 5 nitrogen and oxygen atoms in total. The zero-order chi connectivity index (χ0) is 22.1. The van der Waals surface area contributed by atoms with Crippen molar-refractivity contribution in [1.82, 2.24) is 0 Å². The number of carbonyl (C=O) groups is 3. The molecule has 2 aromatic rings. The van der Waals surface area contributed by atoms with Gasteiger partial charge in [-0.1, -0.05) is 68.8 Å². The summed E-state index contributed by atoms with van der Waals surface area (Å²) < 4.78 is 0. The second kappa shape index (κ2) is 6.64. The maximum absolute atomic E-state index is 13.7. The Morgan fingerprint density at radius 3 is 2.23 bits per heavy atom. The highest BCUT2D eigenvalue weighted by molar-refractivity contribution is 6.25. The lowest BCUT2D eigenvalue weighted by atomic mass is 9.79. The molecule has 3 aliphatic heterocycles. The summed E-state index contributed by atoms with van der Waals surface area (Å²) in [6.45, 7) is 7.60. The van der Waals surface area contributed by atoms with Crippen LogP contribution in [0.15, 0.2) is 54.6 Å². The summed E-state index contributed by atoms with van der Waals surface area (Å²) in [6, 6.07) is 14.3. The molecule has 0 spiro atoms. The van der Waals surface area contributed by atoms with E-state index in [0.29, 0.717) is 5.69 Å². The average Bonchev–Trinajstić information content (AvgIpc) is 3.21. The van der Waals surface area contributed by atoms with Crippen LogP contribution in [-0.4, -0.2) is 29.7 Å². The first-order valence-electron chi connectivity index (χ1n) is 10.7. The SMILES string of the molecule is Cc1ccc(N2C(=O)C3C(C2=O)C(C(=O)C(C)(C)C)N2c4ccccc4C=CC32)cc1. The minimum absolute atomic E-state index is 0.0120. The third-order valence-corrected chi connectivity index (χ3v) is 6.71. The van der Waals surface area contributed by atoms with Crippen LogP contribution in [0.25, 0.3) is 6.08 Å². The maximum atomic E-state index is 13.7. The van der Waals surface area contributed by atoms with Gasteiger partial charge in [0.15, 0.2) is 5.78 Å². The standard InChI is InChI=1S/C26H26N2O3/c1-15-9-12-17(13-10-15)27-24(30)20-19-14-11-16-7-5-6-8-18(16)28(19)22(21(20)25(27)31)23(29)26(2,3)4/h5-14,19-22H,1-4H3. The van der Waals surface area contributed by atoms with Gasteiger partial charge in [0.1, 0.15) is 6.04 Å². The number of amides is 2. The van der Waals surface area contributed by atoms with Crippen LogP contribution < -0.4 is 9.80 Å². The van der Waals surface area contributed by atoms with E-state index in [4.69, 9.17) is 0 Å². The van der Waals surface area contributed by atoms with E-state index in [9.17, 15) is 14.4 Å². The van der Waals surface area contributed by atoms with Crippen LogP contribution in [0.2, 0.25) is 0 Å². The summed E-state index contributed by atoms with van der Waals surface area (Å²) >= 11 is 0. The average molecular weight is 415 g/mol. The van der Waals surface area contributed by atoms with E-state index in [0.717, 1.165) is 16.8 Å². The molecule has 0 aromatic heterocycles. The van der Waals surface area contributed by atoms with Gasteiger partial charge in [-0.2, -0.15) is 0 Å². The molecule has 0 aliphatic carbocycles. The number of anilines is 2. The van der Waals surface area contributed by atoms with Crippen molar-refractivity contribution in [2.75, 3.05) is 9.80 Å². The third-order valence-electron chi connectivity index (χ3n) is 6.71. The fraction of sp³-hybridized carbons (Fsp3) is 0.346. The molecule has 5 heteroatoms. The Bertz CT molecular complexity index is 1130. The summed E-state index contributed by atoms with van der Waals surface area (Å²) in [4.78, 5) is 44.3. The molecular weight excluding hydrogens is 388 g/mol. The van der Waals surface area contributed by atoms with Crippen molar-refractivity contribution in [2.45, 2.75) is 39.8 Å². The number of ketones is 1. The van der Waals surface area contributed by atoms with Crippen molar-refractivity contribution in [2.24, 2.45) is 17.3 Å². The van der Waals surface area contributed by atoms with Gasteiger partial charge < -0.3 is 4.90 Å². The molecule has 31 heavy (non-hydrogen) atoms. The Morgan fingerprint density at radius 1 is 0.903 bits per heavy atom. The zero-order valence-electron chi connectivity index (χ0n) is 18.2. The van der Waals surface area contributed by atoms with Gasteiger partial charge in [0.25, 0.3) is 0 Å². The summed E-state index contributed by atoms with van der Waals surface area (Å²) in [5.74, 6) is -1.78. The Kier molecular flexibility index (Phi) is 4.23. The normalized spacial score (nSPS) is 26.7. The maximum Gasteiger partial charge on any atom is 0.240 e. The number of para-hydroxylation sites is 1. The quantitative estimate of drug-likeness (QED) is 0.697. The van der Waals surface area contributed by atoms with Crippen molar-refractivity contribution in [3.8, 4) is 0 Å². The molecule has 4 unspecified atom stereocenters. The van der Waals surface area contributed by atoms with E-state index in [-0.39, 0.29) is 23.6 Å². The molecule has 5 rings (SSSR count). The molecule has 0 saturated carbocycles. The number of aryl methyl sites for hydroxylation is 1. The summed E-state index contributed by atoms with van der Waals surface area (Å²) in [5, 5.41) is 0. The minimum atomic E-state index is -0.693. The first-order chi connectivity index (χ1) is 14.7. The van der Waals surface area contributed by atoms with Gasteiger partial charge in [0, 0.05) is 11.1 Å². The fourth-order valence-electron chi connectivity index (χ4n) is 5.21. The topological polar surface area (TPSA) is 57.7 Å². The number of carbonyl (C=O) groups excluding carboxylic acids is 3. The van der Waals surface area contributed by atoms with E-state index in [1.807, 2.05) is 81.1 Å². The Labute approximate surface area is 182 Å². The molecule has 0 bridgehead atoms. The highest BCUT2D eigenvalue weighted by atomic mass is 16.2. The van der Waals surface area contributed by atoms with Gasteiger partial charge in [0.2, 0.25) is 11.8 Å². The van der Waals surface area contributed by atoms with Crippen molar-refractivity contribution in [3.05, 3.63) is 65.7 Å². The van der Waals surface area contributed by atoms with Gasteiger partial charge in [-0.25, -0.2) is 4.90 Å². The Balaban J connectivity index is 1.65. The van der Waals surface area contributed by atoms with Crippen LogP contribution in [0.3, 0.4) is 0 Å². The lowest BCUT2D eigenvalue weighted by Gasteiger charge is -2.38. The summed E-state index contributed by atoms with van der Waals surface area (Å²) in [5.41, 5.74) is 2.90. The van der Waals surface area contributed by atoms with Crippen LogP contribution in [0.1, 0.15) is 31.9 Å². The van der Waals surface area contributed by atoms with E-state index in [1.165, 1.54) is 4.90 Å². The number of hydrogen-bond donors (Lipinski definition) is 0. The number of rotatable bonds is 2. The summed E-state index contributed by atoms with van der Waals surface area (Å²) in [7, 11) is 0. The molecule has 3 heterocycles. The van der Waals surface area contributed by atoms with Crippen LogP contribution in [0.4, 0.5) is 11.4 Å². The molecule has 4 atom stereocenters. The van der Waals surface area contributed by atoms with Gasteiger partial charge in [-0.05, 0) is 30.7 Å². The number of hydrogen-bond acceptors (Lipinski definition) is 4. The lowest BCUT2D eigenvalue weighted by molar-refractivity contribution is -0.132. The van der Waals surface area contributed by atoms with Crippen LogP contribution >= 0.6 is 0 Å². The molecule has 2 fully saturated rings. The molecule has 2 amide bonds. The van der Waals surface area contributed by atoms with Gasteiger partial charge in [-0.3, -0.25) is 14.4 Å². The molecule has 2 aromatic carbocycles.